The minimum Gasteiger partial charge on any atom is -0.350 e. The molecule has 0 unspecified atom stereocenters. The number of amides is 1. The fourth-order valence-electron chi connectivity index (χ4n) is 3.86. The van der Waals surface area contributed by atoms with Crippen molar-refractivity contribution >= 4 is 40.1 Å². The molecule has 0 spiro atoms. The van der Waals surface area contributed by atoms with Gasteiger partial charge in [0.1, 0.15) is 11.9 Å². The number of para-hydroxylation sites is 2. The number of aromatic nitrogens is 3. The van der Waals surface area contributed by atoms with E-state index in [1.165, 1.54) is 0 Å². The first kappa shape index (κ1) is 22.3. The van der Waals surface area contributed by atoms with Crippen molar-refractivity contribution in [2.45, 2.75) is 38.8 Å². The van der Waals surface area contributed by atoms with E-state index in [1.807, 2.05) is 48.5 Å². The van der Waals surface area contributed by atoms with E-state index in [2.05, 4.69) is 21.8 Å². The van der Waals surface area contributed by atoms with E-state index in [-0.39, 0.29) is 11.9 Å². The maximum atomic E-state index is 13.3. The van der Waals surface area contributed by atoms with Crippen LogP contribution in [-0.4, -0.2) is 20.4 Å². The minimum atomic E-state index is -0.379. The Morgan fingerprint density at radius 1 is 1.09 bits per heavy atom. The van der Waals surface area contributed by atoms with Crippen LogP contribution in [0.5, 0.6) is 0 Å². The molecule has 0 saturated heterocycles. The second kappa shape index (κ2) is 10.2. The van der Waals surface area contributed by atoms with Gasteiger partial charge in [0.05, 0.1) is 11.0 Å². The molecular weight excluding hydrogens is 443 g/mol. The Labute approximate surface area is 197 Å². The van der Waals surface area contributed by atoms with E-state index in [1.54, 1.807) is 18.5 Å². The van der Waals surface area contributed by atoms with E-state index in [0.29, 0.717) is 29.4 Å². The van der Waals surface area contributed by atoms with Crippen LogP contribution in [0.1, 0.15) is 42.8 Å². The lowest BCUT2D eigenvalue weighted by atomic mass is 10.1. The number of carbonyl (C=O) groups is 1. The van der Waals surface area contributed by atoms with Crippen molar-refractivity contribution in [3.8, 4) is 0 Å². The molecule has 0 saturated carbocycles. The average Bonchev–Trinajstić information content (AvgIpc) is 3.16. The maximum Gasteiger partial charge on any atom is 0.243 e. The third-order valence-electron chi connectivity index (χ3n) is 5.43. The number of fused-ring (bicyclic) bond motifs is 1. The first-order valence-corrected chi connectivity index (χ1v) is 11.4. The van der Waals surface area contributed by atoms with Crippen LogP contribution in [-0.2, 0) is 17.8 Å². The number of pyridine rings is 1. The predicted octanol–water partition coefficient (Wildman–Crippen LogP) is 5.99. The van der Waals surface area contributed by atoms with Gasteiger partial charge in [-0.3, -0.25) is 9.78 Å². The van der Waals surface area contributed by atoms with Crippen LogP contribution < -0.4 is 5.32 Å². The van der Waals surface area contributed by atoms with E-state index in [9.17, 15) is 4.79 Å². The summed E-state index contributed by atoms with van der Waals surface area (Å²) in [5, 5.41) is 4.27. The monoisotopic (exact) mass is 466 g/mol. The smallest absolute Gasteiger partial charge is 0.243 e. The number of nitrogens with one attached hydrogen (secondary N) is 1. The Morgan fingerprint density at radius 2 is 1.88 bits per heavy atom. The molecule has 0 aliphatic carbocycles. The predicted molar refractivity (Wildman–Crippen MR) is 129 cm³/mol. The first-order valence-electron chi connectivity index (χ1n) is 10.6. The third kappa shape index (κ3) is 4.95. The second-order valence-corrected chi connectivity index (χ2v) is 8.52. The Morgan fingerprint density at radius 3 is 2.62 bits per heavy atom. The number of hydrogen-bond acceptors (Lipinski definition) is 3. The zero-order valence-electron chi connectivity index (χ0n) is 17.8. The lowest BCUT2D eigenvalue weighted by Gasteiger charge is -2.21. The van der Waals surface area contributed by atoms with Crippen LogP contribution in [0.3, 0.4) is 0 Å². The highest BCUT2D eigenvalue weighted by Gasteiger charge is 2.25. The van der Waals surface area contributed by atoms with Gasteiger partial charge in [-0.2, -0.15) is 0 Å². The minimum absolute atomic E-state index is 0.0322. The van der Waals surface area contributed by atoms with Gasteiger partial charge in [0.2, 0.25) is 5.91 Å². The van der Waals surface area contributed by atoms with E-state index in [4.69, 9.17) is 28.2 Å². The van der Waals surface area contributed by atoms with E-state index in [0.717, 1.165) is 34.4 Å². The summed E-state index contributed by atoms with van der Waals surface area (Å²) >= 11 is 12.5. The zero-order chi connectivity index (χ0) is 22.5. The summed E-state index contributed by atoms with van der Waals surface area (Å²) in [4.78, 5) is 22.2. The SMILES string of the molecule is CCC[C@@H](C(=O)NCc1ccncc1)n1c(Cc2ccc(Cl)cc2Cl)nc2ccccc21. The van der Waals surface area contributed by atoms with Gasteiger partial charge in [-0.1, -0.05) is 54.7 Å². The van der Waals surface area contributed by atoms with Crippen LogP contribution >= 0.6 is 23.2 Å². The summed E-state index contributed by atoms with van der Waals surface area (Å²) in [6.45, 7) is 2.53. The van der Waals surface area contributed by atoms with Gasteiger partial charge < -0.3 is 9.88 Å². The van der Waals surface area contributed by atoms with Crippen molar-refractivity contribution in [3.05, 3.63) is 94.0 Å². The standard InChI is InChI=1S/C25H24Cl2N4O/c1-2-5-23(25(32)29-16-17-10-12-28-13-11-17)31-22-7-4-3-6-21(22)30-24(31)14-18-8-9-19(26)15-20(18)27/h3-4,6-13,15,23H,2,5,14,16H2,1H3,(H,29,32)/t23-/m0/s1. The lowest BCUT2D eigenvalue weighted by molar-refractivity contribution is -0.124. The van der Waals surface area contributed by atoms with Crippen molar-refractivity contribution in [1.29, 1.82) is 0 Å². The third-order valence-corrected chi connectivity index (χ3v) is 6.01. The van der Waals surface area contributed by atoms with Crippen molar-refractivity contribution < 1.29 is 4.79 Å². The van der Waals surface area contributed by atoms with Crippen molar-refractivity contribution in [1.82, 2.24) is 19.9 Å². The molecule has 1 atom stereocenters. The highest BCUT2D eigenvalue weighted by molar-refractivity contribution is 6.35. The van der Waals surface area contributed by atoms with Gasteiger partial charge in [0.15, 0.2) is 0 Å². The summed E-state index contributed by atoms with van der Waals surface area (Å²) in [5.41, 5.74) is 3.72. The number of carbonyl (C=O) groups excluding carboxylic acids is 1. The molecule has 0 aliphatic heterocycles. The average molecular weight is 467 g/mol. The van der Waals surface area contributed by atoms with Crippen LogP contribution in [0.2, 0.25) is 10.0 Å². The summed E-state index contributed by atoms with van der Waals surface area (Å²) in [6.07, 6.45) is 5.51. The fraction of sp³-hybridized carbons (Fsp3) is 0.240. The summed E-state index contributed by atoms with van der Waals surface area (Å²) in [6, 6.07) is 16.8. The van der Waals surface area contributed by atoms with Crippen molar-refractivity contribution in [2.24, 2.45) is 0 Å². The van der Waals surface area contributed by atoms with E-state index >= 15 is 0 Å². The topological polar surface area (TPSA) is 59.8 Å². The van der Waals surface area contributed by atoms with Gasteiger partial charge in [-0.25, -0.2) is 4.98 Å². The molecule has 0 radical (unpaired) electrons. The quantitative estimate of drug-likeness (QED) is 0.347. The number of nitrogens with zero attached hydrogens (tertiary/aromatic N) is 3. The highest BCUT2D eigenvalue weighted by Crippen LogP contribution is 2.29. The van der Waals surface area contributed by atoms with Gasteiger partial charge in [-0.15, -0.1) is 0 Å². The van der Waals surface area contributed by atoms with Gasteiger partial charge in [0.25, 0.3) is 0 Å². The van der Waals surface area contributed by atoms with Gasteiger partial charge in [-0.05, 0) is 53.9 Å². The molecule has 1 amide bonds. The highest BCUT2D eigenvalue weighted by atomic mass is 35.5. The molecule has 2 aromatic carbocycles. The molecule has 0 fully saturated rings. The van der Waals surface area contributed by atoms with Gasteiger partial charge >= 0.3 is 0 Å². The van der Waals surface area contributed by atoms with Gasteiger partial charge in [0, 0.05) is 35.4 Å². The number of hydrogen-bond donors (Lipinski definition) is 1. The van der Waals surface area contributed by atoms with Crippen LogP contribution in [0.4, 0.5) is 0 Å². The fourth-order valence-corrected chi connectivity index (χ4v) is 4.34. The maximum absolute atomic E-state index is 13.3. The van der Waals surface area contributed by atoms with Crippen LogP contribution in [0.15, 0.2) is 67.0 Å². The number of benzene rings is 2. The van der Waals surface area contributed by atoms with Crippen molar-refractivity contribution in [2.75, 3.05) is 0 Å². The molecule has 1 N–H and O–H groups in total. The largest absolute Gasteiger partial charge is 0.350 e. The Balaban J connectivity index is 1.70. The normalized spacial score (nSPS) is 12.1. The number of imidazole rings is 1. The molecule has 0 bridgehead atoms. The summed E-state index contributed by atoms with van der Waals surface area (Å²) in [7, 11) is 0. The Kier molecular flexibility index (Phi) is 7.08. The summed E-state index contributed by atoms with van der Waals surface area (Å²) < 4.78 is 2.06. The van der Waals surface area contributed by atoms with E-state index < -0.39 is 0 Å². The number of halogens is 2. The van der Waals surface area contributed by atoms with Crippen LogP contribution in [0, 0.1) is 0 Å². The molecule has 4 rings (SSSR count). The molecule has 7 heteroatoms. The second-order valence-electron chi connectivity index (χ2n) is 7.68. The lowest BCUT2D eigenvalue weighted by Crippen LogP contribution is -2.33. The molecule has 0 aliphatic rings. The molecule has 2 aromatic heterocycles. The molecule has 2 heterocycles. The molecule has 5 nitrogen and oxygen atoms in total. The first-order chi connectivity index (χ1) is 15.6. The van der Waals surface area contributed by atoms with Crippen molar-refractivity contribution in [3.63, 3.8) is 0 Å². The molecule has 32 heavy (non-hydrogen) atoms. The Bertz CT molecular complexity index is 1220. The molecule has 164 valence electrons. The van der Waals surface area contributed by atoms with Crippen LogP contribution in [0.25, 0.3) is 11.0 Å². The Hall–Kier alpha value is -2.89. The molecular formula is C25H24Cl2N4O. The molecule has 4 aromatic rings. The summed E-state index contributed by atoms with van der Waals surface area (Å²) in [5.74, 6) is 0.767. The number of rotatable bonds is 8. The zero-order valence-corrected chi connectivity index (χ0v) is 19.3.